The van der Waals surface area contributed by atoms with Crippen molar-refractivity contribution in [2.45, 2.75) is 71.6 Å². The van der Waals surface area contributed by atoms with Crippen molar-refractivity contribution in [1.29, 1.82) is 0 Å². The molecular formula is C32H37N3O4. The van der Waals surface area contributed by atoms with E-state index in [0.29, 0.717) is 18.7 Å². The van der Waals surface area contributed by atoms with Gasteiger partial charge in [0.05, 0.1) is 24.9 Å². The molecule has 39 heavy (non-hydrogen) atoms. The summed E-state index contributed by atoms with van der Waals surface area (Å²) >= 11 is 0. The number of hydrogen-bond acceptors (Lipinski definition) is 5. The Labute approximate surface area is 229 Å². The lowest BCUT2D eigenvalue weighted by atomic mass is 9.81. The minimum absolute atomic E-state index is 0.0875. The molecule has 2 aliphatic rings. The van der Waals surface area contributed by atoms with Crippen LogP contribution in [-0.2, 0) is 19.4 Å². The van der Waals surface area contributed by atoms with Crippen LogP contribution in [-0.4, -0.2) is 41.0 Å². The van der Waals surface area contributed by atoms with E-state index >= 15 is 0 Å². The van der Waals surface area contributed by atoms with E-state index in [1.54, 1.807) is 29.9 Å². The summed E-state index contributed by atoms with van der Waals surface area (Å²) < 4.78 is 13.8. The van der Waals surface area contributed by atoms with Gasteiger partial charge >= 0.3 is 0 Å². The number of rotatable bonds is 7. The number of pyridine rings is 1. The summed E-state index contributed by atoms with van der Waals surface area (Å²) in [6.07, 6.45) is 4.32. The second-order valence-electron chi connectivity index (χ2n) is 11.7. The lowest BCUT2D eigenvalue weighted by Crippen LogP contribution is -2.31. The van der Waals surface area contributed by atoms with Crippen LogP contribution in [0.1, 0.15) is 79.2 Å². The minimum Gasteiger partial charge on any atom is -0.493 e. The highest BCUT2D eigenvalue weighted by Crippen LogP contribution is 2.47. The van der Waals surface area contributed by atoms with Crippen molar-refractivity contribution in [1.82, 2.24) is 9.88 Å². The molecule has 0 fully saturated rings. The zero-order valence-electron chi connectivity index (χ0n) is 23.7. The van der Waals surface area contributed by atoms with E-state index in [1.807, 2.05) is 31.3 Å². The van der Waals surface area contributed by atoms with E-state index in [1.165, 1.54) is 5.56 Å². The van der Waals surface area contributed by atoms with Crippen LogP contribution in [0.5, 0.6) is 11.5 Å². The van der Waals surface area contributed by atoms with Gasteiger partial charge in [-0.2, -0.15) is 0 Å². The van der Waals surface area contributed by atoms with Gasteiger partial charge in [-0.15, -0.1) is 0 Å². The number of methoxy groups -OCH3 is 1. The molecule has 7 nitrogen and oxygen atoms in total. The van der Waals surface area contributed by atoms with Gasteiger partial charge in [0.2, 0.25) is 0 Å². The zero-order chi connectivity index (χ0) is 27.9. The smallest absolute Gasteiger partial charge is 0.251 e. The summed E-state index contributed by atoms with van der Waals surface area (Å²) in [4.78, 5) is 30.4. The Hall–Kier alpha value is -3.87. The van der Waals surface area contributed by atoms with E-state index in [-0.39, 0.29) is 22.6 Å². The molecule has 0 spiro atoms. The number of carbonyl (C=O) groups is 1. The van der Waals surface area contributed by atoms with Gasteiger partial charge in [0.15, 0.2) is 11.5 Å². The summed E-state index contributed by atoms with van der Waals surface area (Å²) in [5.74, 6) is 1.45. The summed E-state index contributed by atoms with van der Waals surface area (Å²) in [7, 11) is 1.68. The molecule has 1 aromatic heterocycles. The Morgan fingerprint density at radius 3 is 2.54 bits per heavy atom. The van der Waals surface area contributed by atoms with E-state index in [4.69, 9.17) is 14.5 Å². The van der Waals surface area contributed by atoms with E-state index in [2.05, 4.69) is 39.1 Å². The lowest BCUT2D eigenvalue weighted by Gasteiger charge is -2.31. The Kier molecular flexibility index (Phi) is 6.87. The first-order valence-corrected chi connectivity index (χ1v) is 13.6. The Morgan fingerprint density at radius 1 is 1.10 bits per heavy atom. The van der Waals surface area contributed by atoms with Crippen molar-refractivity contribution in [2.75, 3.05) is 13.7 Å². The fourth-order valence-electron chi connectivity index (χ4n) is 5.52. The number of benzene rings is 2. The third kappa shape index (κ3) is 5.35. The van der Waals surface area contributed by atoms with Gasteiger partial charge in [0.25, 0.3) is 11.5 Å². The fourth-order valence-corrected chi connectivity index (χ4v) is 5.52. The molecule has 1 amide bonds. The highest BCUT2D eigenvalue weighted by molar-refractivity contribution is 6.16. The molecule has 3 aromatic rings. The quantitative estimate of drug-likeness (QED) is 0.472. The normalized spacial score (nSPS) is 16.5. The molecule has 2 aromatic carbocycles. The molecule has 0 unspecified atom stereocenters. The van der Waals surface area contributed by atoms with Gasteiger partial charge in [-0.05, 0) is 75.9 Å². The molecule has 7 heteroatoms. The first-order valence-electron chi connectivity index (χ1n) is 13.6. The van der Waals surface area contributed by atoms with Crippen molar-refractivity contribution in [2.24, 2.45) is 4.99 Å². The number of hydrogen-bond donors (Lipinski definition) is 1. The number of amides is 1. The molecule has 2 aliphatic heterocycles. The van der Waals surface area contributed by atoms with Crippen molar-refractivity contribution < 1.29 is 14.3 Å². The number of aliphatic imine (C=N–C) groups is 1. The summed E-state index contributed by atoms with van der Waals surface area (Å²) in [6, 6.07) is 13.0. The summed E-state index contributed by atoms with van der Waals surface area (Å²) in [5, 5.41) is 2.89. The van der Waals surface area contributed by atoms with Crippen LogP contribution in [0, 0.1) is 0 Å². The molecule has 0 bridgehead atoms. The summed E-state index contributed by atoms with van der Waals surface area (Å²) in [5.41, 5.74) is 5.93. The maximum Gasteiger partial charge on any atom is 0.251 e. The van der Waals surface area contributed by atoms with Crippen LogP contribution in [0.2, 0.25) is 0 Å². The van der Waals surface area contributed by atoms with Crippen LogP contribution >= 0.6 is 0 Å². The minimum atomic E-state index is -0.346. The first kappa shape index (κ1) is 26.7. The number of nitrogens with zero attached hydrogens (tertiary/aromatic N) is 2. The average molecular weight is 528 g/mol. The Morgan fingerprint density at radius 2 is 1.85 bits per heavy atom. The largest absolute Gasteiger partial charge is 0.493 e. The average Bonchev–Trinajstić information content (AvgIpc) is 3.22. The standard InChI is InChI=1S/C32H37N3O4/c1-7-14-33-30(37)21-10-8-20(9-11-21)18-35-19-22(12-13-26(35)36)28-27-23(16-31(2,3)34-28)15-25(38-6)29-24(27)17-32(4,5)39-29/h8-13,15,19H,7,14,16-18H2,1-6H3,(H,33,37). The monoisotopic (exact) mass is 527 g/mol. The SMILES string of the molecule is CCCNC(=O)c1ccc(Cn2cc(C3=NC(C)(C)Cc4cc(OC)c5c(c43)CC(C)(C)O5)ccc2=O)cc1. The molecule has 0 radical (unpaired) electrons. The highest BCUT2D eigenvalue weighted by Gasteiger charge is 2.39. The van der Waals surface area contributed by atoms with Crippen molar-refractivity contribution in [3.05, 3.63) is 92.4 Å². The number of aromatic nitrogens is 1. The molecule has 5 rings (SSSR count). The molecule has 0 saturated carbocycles. The van der Waals surface area contributed by atoms with Crippen molar-refractivity contribution in [3.8, 4) is 11.5 Å². The van der Waals surface area contributed by atoms with Crippen LogP contribution in [0.25, 0.3) is 0 Å². The molecular weight excluding hydrogens is 490 g/mol. The van der Waals surface area contributed by atoms with Crippen LogP contribution < -0.4 is 20.3 Å². The fraction of sp³-hybridized carbons (Fsp3) is 0.406. The van der Waals surface area contributed by atoms with E-state index < -0.39 is 0 Å². The molecule has 0 aliphatic carbocycles. The van der Waals surface area contributed by atoms with E-state index in [0.717, 1.165) is 58.7 Å². The number of carbonyl (C=O) groups excluding carboxylic acids is 1. The maximum atomic E-state index is 12.9. The molecule has 204 valence electrons. The second kappa shape index (κ2) is 10.0. The van der Waals surface area contributed by atoms with Gasteiger partial charge in [-0.3, -0.25) is 14.6 Å². The van der Waals surface area contributed by atoms with Crippen LogP contribution in [0.3, 0.4) is 0 Å². The van der Waals surface area contributed by atoms with Crippen molar-refractivity contribution in [3.63, 3.8) is 0 Å². The topological polar surface area (TPSA) is 81.9 Å². The molecule has 1 N–H and O–H groups in total. The first-order chi connectivity index (χ1) is 18.5. The lowest BCUT2D eigenvalue weighted by molar-refractivity contribution is 0.0953. The van der Waals surface area contributed by atoms with Gasteiger partial charge < -0.3 is 19.4 Å². The number of nitrogens with one attached hydrogen (secondary N) is 1. The second-order valence-corrected chi connectivity index (χ2v) is 11.7. The third-order valence-corrected chi connectivity index (χ3v) is 7.26. The van der Waals surface area contributed by atoms with Gasteiger partial charge in [0, 0.05) is 47.5 Å². The zero-order valence-corrected chi connectivity index (χ0v) is 23.7. The third-order valence-electron chi connectivity index (χ3n) is 7.26. The Bertz CT molecular complexity index is 1510. The van der Waals surface area contributed by atoms with Crippen LogP contribution in [0.4, 0.5) is 0 Å². The number of ether oxygens (including phenoxy) is 2. The molecule has 3 heterocycles. The maximum absolute atomic E-state index is 12.9. The van der Waals surface area contributed by atoms with Crippen molar-refractivity contribution >= 4 is 11.6 Å². The Balaban J connectivity index is 1.53. The predicted octanol–water partition coefficient (Wildman–Crippen LogP) is 4.93. The highest BCUT2D eigenvalue weighted by atomic mass is 16.5. The molecule has 0 saturated heterocycles. The predicted molar refractivity (Wildman–Crippen MR) is 154 cm³/mol. The molecule has 0 atom stereocenters. The number of fused-ring (bicyclic) bond motifs is 3. The summed E-state index contributed by atoms with van der Waals surface area (Å²) in [6.45, 7) is 11.5. The van der Waals surface area contributed by atoms with Gasteiger partial charge in [-0.25, -0.2) is 0 Å². The van der Waals surface area contributed by atoms with Gasteiger partial charge in [0.1, 0.15) is 5.60 Å². The van der Waals surface area contributed by atoms with E-state index in [9.17, 15) is 9.59 Å². The van der Waals surface area contributed by atoms with Gasteiger partial charge in [-0.1, -0.05) is 19.1 Å². The van der Waals surface area contributed by atoms with Crippen LogP contribution in [0.15, 0.2) is 58.4 Å².